The monoisotopic (exact) mass is 256 g/mol. The van der Waals surface area contributed by atoms with Crippen molar-refractivity contribution in [2.24, 2.45) is 11.1 Å². The maximum Gasteiger partial charge on any atom is 0.224 e. The van der Waals surface area contributed by atoms with Crippen molar-refractivity contribution in [3.05, 3.63) is 0 Å². The minimum Gasteiger partial charge on any atom is -0.369 e. The molecule has 5 nitrogen and oxygen atoms in total. The Morgan fingerprint density at radius 3 is 2.40 bits per heavy atom. The topological polar surface area (TPSA) is 89.3 Å². The third kappa shape index (κ3) is 5.96. The number of nitrogens with two attached hydrogens (primary N) is 1. The Bertz CT molecular complexity index is 314. The highest BCUT2D eigenvalue weighted by atomic mass is 35.5. The van der Waals surface area contributed by atoms with Gasteiger partial charge in [0, 0.05) is 12.4 Å². The van der Waals surface area contributed by atoms with Crippen LogP contribution in [0.4, 0.5) is 0 Å². The summed E-state index contributed by atoms with van der Waals surface area (Å²) in [5.41, 5.74) is 4.22. The van der Waals surface area contributed by atoms with Gasteiger partial charge in [-0.2, -0.15) is 0 Å². The number of primary amides is 1. The molecule has 90 valence electrons. The van der Waals surface area contributed by atoms with E-state index in [1.54, 1.807) is 13.8 Å². The zero-order valence-corrected chi connectivity index (χ0v) is 10.5. The molecule has 0 bridgehead atoms. The summed E-state index contributed by atoms with van der Waals surface area (Å²) in [7, 11) is -3.35. The average Bonchev–Trinajstić information content (AvgIpc) is 2.12. The van der Waals surface area contributed by atoms with Gasteiger partial charge < -0.3 is 5.73 Å². The predicted molar refractivity (Wildman–Crippen MR) is 60.1 cm³/mol. The fourth-order valence-corrected chi connectivity index (χ4v) is 2.24. The number of sulfonamides is 1. The van der Waals surface area contributed by atoms with Crippen LogP contribution in [0.25, 0.3) is 0 Å². The highest BCUT2D eigenvalue weighted by Gasteiger charge is 2.26. The van der Waals surface area contributed by atoms with Gasteiger partial charge in [0.05, 0.1) is 11.2 Å². The Kier molecular flexibility index (Phi) is 5.55. The molecule has 1 amide bonds. The van der Waals surface area contributed by atoms with Gasteiger partial charge in [0.25, 0.3) is 0 Å². The van der Waals surface area contributed by atoms with Gasteiger partial charge >= 0.3 is 0 Å². The third-order valence-corrected chi connectivity index (χ3v) is 3.63. The normalized spacial score (nSPS) is 12.7. The molecule has 15 heavy (non-hydrogen) atoms. The van der Waals surface area contributed by atoms with Gasteiger partial charge in [0.1, 0.15) is 0 Å². The molecule has 0 radical (unpaired) electrons. The highest BCUT2D eigenvalue weighted by molar-refractivity contribution is 7.89. The Labute approximate surface area is 95.4 Å². The molecular formula is C8H17ClN2O3S. The zero-order valence-electron chi connectivity index (χ0n) is 8.92. The van der Waals surface area contributed by atoms with Crippen LogP contribution >= 0.6 is 11.6 Å². The first kappa shape index (κ1) is 14.7. The van der Waals surface area contributed by atoms with Crippen LogP contribution < -0.4 is 10.5 Å². The van der Waals surface area contributed by atoms with Crippen LogP contribution in [0, 0.1) is 5.41 Å². The van der Waals surface area contributed by atoms with E-state index in [2.05, 4.69) is 4.72 Å². The van der Waals surface area contributed by atoms with E-state index in [-0.39, 0.29) is 12.3 Å². The van der Waals surface area contributed by atoms with Crippen molar-refractivity contribution in [2.75, 3.05) is 18.2 Å². The molecule has 0 aromatic heterocycles. The van der Waals surface area contributed by atoms with Gasteiger partial charge in [0.15, 0.2) is 0 Å². The number of rotatable bonds is 7. The van der Waals surface area contributed by atoms with Crippen molar-refractivity contribution in [1.82, 2.24) is 4.72 Å². The van der Waals surface area contributed by atoms with Crippen molar-refractivity contribution in [3.63, 3.8) is 0 Å². The van der Waals surface area contributed by atoms with Crippen molar-refractivity contribution < 1.29 is 13.2 Å². The summed E-state index contributed by atoms with van der Waals surface area (Å²) < 4.78 is 25.0. The van der Waals surface area contributed by atoms with E-state index in [4.69, 9.17) is 17.3 Å². The predicted octanol–water partition coefficient (Wildman–Crippen LogP) is 0.0462. The minimum atomic E-state index is -3.35. The van der Waals surface area contributed by atoms with E-state index >= 15 is 0 Å². The molecule has 0 fully saturated rings. The molecule has 0 spiro atoms. The fraction of sp³-hybridized carbons (Fsp3) is 0.875. The zero-order chi connectivity index (χ0) is 12.1. The number of hydrogen-bond donors (Lipinski definition) is 2. The van der Waals surface area contributed by atoms with Crippen LogP contribution in [0.2, 0.25) is 0 Å². The molecule has 0 rings (SSSR count). The maximum atomic E-state index is 11.3. The lowest BCUT2D eigenvalue weighted by atomic mass is 9.93. The fourth-order valence-electron chi connectivity index (χ4n) is 0.694. The van der Waals surface area contributed by atoms with E-state index in [1.807, 2.05) is 0 Å². The van der Waals surface area contributed by atoms with Crippen LogP contribution in [0.15, 0.2) is 0 Å². The van der Waals surface area contributed by atoms with Crippen LogP contribution in [0.5, 0.6) is 0 Å². The van der Waals surface area contributed by atoms with E-state index in [0.717, 1.165) is 0 Å². The first-order chi connectivity index (χ1) is 6.71. The van der Waals surface area contributed by atoms with Gasteiger partial charge in [0.2, 0.25) is 15.9 Å². The number of alkyl halides is 1. The van der Waals surface area contributed by atoms with Gasteiger partial charge in [-0.1, -0.05) is 0 Å². The Balaban J connectivity index is 4.21. The first-order valence-electron chi connectivity index (χ1n) is 4.54. The summed E-state index contributed by atoms with van der Waals surface area (Å²) in [6.07, 6.45) is 0.383. The Hall–Kier alpha value is -0.330. The molecule has 0 saturated heterocycles. The smallest absolute Gasteiger partial charge is 0.224 e. The molecule has 0 aliphatic heterocycles. The number of hydrogen-bond acceptors (Lipinski definition) is 3. The number of carbonyl (C=O) groups excluding carboxylic acids is 1. The summed E-state index contributed by atoms with van der Waals surface area (Å²) in [6, 6.07) is 0. The maximum absolute atomic E-state index is 11.3. The molecule has 0 heterocycles. The van der Waals surface area contributed by atoms with E-state index in [9.17, 15) is 13.2 Å². The number of halogens is 1. The largest absolute Gasteiger partial charge is 0.369 e. The molecule has 0 saturated carbocycles. The molecule has 0 aliphatic carbocycles. The van der Waals surface area contributed by atoms with Crippen LogP contribution in [-0.4, -0.2) is 32.5 Å². The lowest BCUT2D eigenvalue weighted by molar-refractivity contribution is -0.125. The van der Waals surface area contributed by atoms with Crippen molar-refractivity contribution in [3.8, 4) is 0 Å². The number of amides is 1. The van der Waals surface area contributed by atoms with E-state index in [0.29, 0.717) is 12.3 Å². The van der Waals surface area contributed by atoms with E-state index < -0.39 is 21.3 Å². The summed E-state index contributed by atoms with van der Waals surface area (Å²) in [5.74, 6) is -0.284. The molecular weight excluding hydrogens is 240 g/mol. The molecule has 7 heteroatoms. The summed E-state index contributed by atoms with van der Waals surface area (Å²) in [6.45, 7) is 3.17. The van der Waals surface area contributed by atoms with Gasteiger partial charge in [-0.05, 0) is 20.3 Å². The molecule has 0 atom stereocenters. The van der Waals surface area contributed by atoms with E-state index in [1.165, 1.54) is 0 Å². The standard InChI is InChI=1S/C8H17ClN2O3S/c1-8(2,7(10)12)6-11-15(13,14)5-3-4-9/h11H,3-6H2,1-2H3,(H2,10,12). The Morgan fingerprint density at radius 2 is 2.00 bits per heavy atom. The van der Waals surface area contributed by atoms with Crippen LogP contribution in [0.3, 0.4) is 0 Å². The quantitative estimate of drug-likeness (QED) is 0.631. The van der Waals surface area contributed by atoms with Gasteiger partial charge in [-0.15, -0.1) is 11.6 Å². The van der Waals surface area contributed by atoms with Gasteiger partial charge in [-0.3, -0.25) is 4.79 Å². The van der Waals surface area contributed by atoms with Crippen LogP contribution in [0.1, 0.15) is 20.3 Å². The minimum absolute atomic E-state index is 0.00690. The van der Waals surface area contributed by atoms with Crippen molar-refractivity contribution >= 4 is 27.5 Å². The summed E-state index contributed by atoms with van der Waals surface area (Å²) in [5, 5.41) is 0. The van der Waals surface area contributed by atoms with Gasteiger partial charge in [-0.25, -0.2) is 13.1 Å². The molecule has 0 aromatic rings. The van der Waals surface area contributed by atoms with Crippen molar-refractivity contribution in [2.45, 2.75) is 20.3 Å². The average molecular weight is 257 g/mol. The van der Waals surface area contributed by atoms with Crippen molar-refractivity contribution in [1.29, 1.82) is 0 Å². The second-order valence-electron chi connectivity index (χ2n) is 3.93. The number of nitrogens with one attached hydrogen (secondary N) is 1. The molecule has 0 aromatic carbocycles. The first-order valence-corrected chi connectivity index (χ1v) is 6.73. The lowest BCUT2D eigenvalue weighted by Crippen LogP contribution is -2.43. The summed E-state index contributed by atoms with van der Waals surface area (Å²) >= 11 is 5.38. The summed E-state index contributed by atoms with van der Waals surface area (Å²) in [4.78, 5) is 10.9. The second-order valence-corrected chi connectivity index (χ2v) is 6.24. The number of carbonyl (C=O) groups is 1. The molecule has 3 N–H and O–H groups in total. The third-order valence-electron chi connectivity index (χ3n) is 1.95. The molecule has 0 aliphatic rings. The second kappa shape index (κ2) is 5.67. The SMILES string of the molecule is CC(C)(CNS(=O)(=O)CCCCl)C(N)=O. The van der Waals surface area contributed by atoms with Crippen LogP contribution in [-0.2, 0) is 14.8 Å². The molecule has 0 unspecified atom stereocenters. The highest BCUT2D eigenvalue weighted by Crippen LogP contribution is 2.12. The Morgan fingerprint density at radius 1 is 1.47 bits per heavy atom. The lowest BCUT2D eigenvalue weighted by Gasteiger charge is -2.20.